The highest BCUT2D eigenvalue weighted by Crippen LogP contribution is 2.35. The molecule has 0 amide bonds. The van der Waals surface area contributed by atoms with E-state index in [1.165, 1.54) is 16.4 Å². The molecule has 0 aliphatic rings. The van der Waals surface area contributed by atoms with Crippen molar-refractivity contribution in [1.29, 1.82) is 0 Å². The minimum atomic E-state index is -4.03. The molecular formula is C20H28ClNO7S. The Bertz CT molecular complexity index is 893. The third-order valence-corrected chi connectivity index (χ3v) is 6.32. The monoisotopic (exact) mass is 461 g/mol. The molecule has 1 aromatic rings. The summed E-state index contributed by atoms with van der Waals surface area (Å²) in [6.07, 6.45) is 0.839. The number of carbonyl (C=O) groups is 2. The van der Waals surface area contributed by atoms with E-state index in [9.17, 15) is 18.0 Å². The zero-order chi connectivity index (χ0) is 22.9. The quantitative estimate of drug-likeness (QED) is 0.267. The lowest BCUT2D eigenvalue weighted by molar-refractivity contribution is -0.137. The molecule has 0 radical (unpaired) electrons. The summed E-state index contributed by atoms with van der Waals surface area (Å²) in [5, 5.41) is -0.458. The summed E-state index contributed by atoms with van der Waals surface area (Å²) in [6.45, 7) is 9.52. The number of allylic oxidation sites excluding steroid dienone is 1. The number of hydrogen-bond acceptors (Lipinski definition) is 7. The topological polar surface area (TPSA) is 99.2 Å². The third-order valence-electron chi connectivity index (χ3n) is 3.96. The third kappa shape index (κ3) is 6.20. The van der Waals surface area contributed by atoms with Gasteiger partial charge in [-0.15, -0.1) is 0 Å². The summed E-state index contributed by atoms with van der Waals surface area (Å²) in [5.41, 5.74) is -0.184. The molecule has 0 aliphatic heterocycles. The van der Waals surface area contributed by atoms with Crippen LogP contribution < -0.4 is 9.47 Å². The normalized spacial score (nSPS) is 12.0. The van der Waals surface area contributed by atoms with Gasteiger partial charge < -0.3 is 14.2 Å². The van der Waals surface area contributed by atoms with Crippen LogP contribution >= 0.6 is 11.6 Å². The van der Waals surface area contributed by atoms with Gasteiger partial charge >= 0.3 is 5.97 Å². The van der Waals surface area contributed by atoms with Gasteiger partial charge in [0.15, 0.2) is 17.3 Å². The van der Waals surface area contributed by atoms with Gasteiger partial charge in [0.1, 0.15) is 5.03 Å². The number of ether oxygens (including phenoxy) is 3. The Balaban J connectivity index is 3.72. The van der Waals surface area contributed by atoms with Crippen molar-refractivity contribution in [2.24, 2.45) is 0 Å². The van der Waals surface area contributed by atoms with E-state index in [2.05, 4.69) is 0 Å². The number of hydrogen-bond donors (Lipinski definition) is 0. The Morgan fingerprint density at radius 1 is 0.967 bits per heavy atom. The van der Waals surface area contributed by atoms with Gasteiger partial charge in [-0.3, -0.25) is 4.79 Å². The maximum absolute atomic E-state index is 13.2. The molecule has 1 rings (SSSR count). The van der Waals surface area contributed by atoms with Crippen LogP contribution in [0.3, 0.4) is 0 Å². The zero-order valence-corrected chi connectivity index (χ0v) is 19.4. The largest absolute Gasteiger partial charge is 0.490 e. The van der Waals surface area contributed by atoms with Crippen molar-refractivity contribution in [3.05, 3.63) is 28.8 Å². The summed E-state index contributed by atoms with van der Waals surface area (Å²) in [7, 11) is -4.03. The van der Waals surface area contributed by atoms with E-state index in [-0.39, 0.29) is 54.9 Å². The summed E-state index contributed by atoms with van der Waals surface area (Å²) >= 11 is 5.87. The van der Waals surface area contributed by atoms with Crippen LogP contribution in [0.25, 0.3) is 0 Å². The molecule has 0 atom stereocenters. The van der Waals surface area contributed by atoms with Crippen molar-refractivity contribution in [2.75, 3.05) is 32.9 Å². The fraction of sp³-hybridized carbons (Fsp3) is 0.500. The van der Waals surface area contributed by atoms with Gasteiger partial charge in [-0.1, -0.05) is 25.4 Å². The molecule has 0 fully saturated rings. The van der Waals surface area contributed by atoms with Crippen LogP contribution in [-0.2, 0) is 19.6 Å². The first-order chi connectivity index (χ1) is 14.2. The predicted molar refractivity (Wildman–Crippen MR) is 114 cm³/mol. The summed E-state index contributed by atoms with van der Waals surface area (Å²) in [6, 6.07) is 2.56. The van der Waals surface area contributed by atoms with Gasteiger partial charge in [-0.05, 0) is 26.8 Å². The zero-order valence-electron chi connectivity index (χ0n) is 17.9. The number of esters is 1. The average Bonchev–Trinajstić information content (AvgIpc) is 2.69. The van der Waals surface area contributed by atoms with Gasteiger partial charge in [-0.2, -0.15) is 4.31 Å². The summed E-state index contributed by atoms with van der Waals surface area (Å²) < 4.78 is 43.4. The highest BCUT2D eigenvalue weighted by molar-refractivity contribution is 7.89. The lowest BCUT2D eigenvalue weighted by Gasteiger charge is -2.21. The van der Waals surface area contributed by atoms with E-state index in [1.54, 1.807) is 34.6 Å². The maximum Gasteiger partial charge on any atom is 0.349 e. The van der Waals surface area contributed by atoms with Gasteiger partial charge in [0, 0.05) is 30.8 Å². The second-order valence-corrected chi connectivity index (χ2v) is 8.14. The molecule has 0 saturated heterocycles. The van der Waals surface area contributed by atoms with Crippen molar-refractivity contribution >= 4 is 33.4 Å². The first-order valence-electron chi connectivity index (χ1n) is 9.70. The first kappa shape index (κ1) is 25.9. The molecule has 168 valence electrons. The van der Waals surface area contributed by atoms with Gasteiger partial charge in [0.05, 0.1) is 24.7 Å². The molecule has 0 bridgehead atoms. The van der Waals surface area contributed by atoms with E-state index in [4.69, 9.17) is 25.8 Å². The van der Waals surface area contributed by atoms with E-state index < -0.39 is 26.8 Å². The van der Waals surface area contributed by atoms with E-state index in [1.807, 2.05) is 0 Å². The molecule has 0 aliphatic carbocycles. The summed E-state index contributed by atoms with van der Waals surface area (Å²) in [5.74, 6) is -1.25. The van der Waals surface area contributed by atoms with Crippen LogP contribution in [0.2, 0.25) is 0 Å². The molecule has 1 aromatic carbocycles. The number of carbonyl (C=O) groups excluding carboxylic acids is 2. The Labute approximate surface area is 182 Å². The molecule has 0 heterocycles. The van der Waals surface area contributed by atoms with Crippen LogP contribution in [0.1, 0.15) is 45.0 Å². The van der Waals surface area contributed by atoms with Gasteiger partial charge in [0.25, 0.3) is 0 Å². The van der Waals surface area contributed by atoms with E-state index in [0.717, 1.165) is 6.08 Å². The lowest BCUT2D eigenvalue weighted by atomic mass is 10.1. The number of nitrogens with zero attached hydrogens (tertiary/aromatic N) is 1. The molecule has 0 unspecified atom stereocenters. The SMILES string of the molecule is CCOC(=O)C(Cl)=CC(=O)c1cc(OCC)c(OCC)cc1S(=O)(=O)N(CC)CC. The molecule has 8 nitrogen and oxygen atoms in total. The number of halogens is 1. The molecule has 0 aromatic heterocycles. The Morgan fingerprint density at radius 2 is 1.50 bits per heavy atom. The van der Waals surface area contributed by atoms with Gasteiger partial charge in [0.2, 0.25) is 10.0 Å². The molecule has 0 spiro atoms. The second-order valence-electron chi connectivity index (χ2n) is 5.83. The fourth-order valence-electron chi connectivity index (χ4n) is 2.64. The number of sulfonamides is 1. The van der Waals surface area contributed by atoms with E-state index >= 15 is 0 Å². The highest BCUT2D eigenvalue weighted by atomic mass is 35.5. The standard InChI is InChI=1S/C20H28ClNO7S/c1-6-22(7-2)30(25,26)19-13-18(28-9-4)17(27-8-3)11-14(19)16(23)12-15(21)20(24)29-10-5/h11-13H,6-10H2,1-5H3. The van der Waals surface area contributed by atoms with Crippen LogP contribution in [-0.4, -0.2) is 57.4 Å². The molecule has 0 saturated carbocycles. The predicted octanol–water partition coefficient (Wildman–Crippen LogP) is 3.38. The van der Waals surface area contributed by atoms with Crippen LogP contribution in [0.15, 0.2) is 28.1 Å². The minimum absolute atomic E-state index is 0.0796. The van der Waals surface area contributed by atoms with E-state index in [0.29, 0.717) is 0 Å². The molecule has 0 N–H and O–H groups in total. The van der Waals surface area contributed by atoms with Crippen molar-refractivity contribution in [2.45, 2.75) is 39.5 Å². The number of ketones is 1. The first-order valence-corrected chi connectivity index (χ1v) is 11.5. The average molecular weight is 462 g/mol. The van der Waals surface area contributed by atoms with Crippen molar-refractivity contribution in [1.82, 2.24) is 4.31 Å². The fourth-order valence-corrected chi connectivity index (χ4v) is 4.44. The van der Waals surface area contributed by atoms with Crippen LogP contribution in [0.5, 0.6) is 11.5 Å². The van der Waals surface area contributed by atoms with Crippen molar-refractivity contribution < 1.29 is 32.2 Å². The van der Waals surface area contributed by atoms with Crippen molar-refractivity contribution in [3.8, 4) is 11.5 Å². The van der Waals surface area contributed by atoms with Gasteiger partial charge in [-0.25, -0.2) is 13.2 Å². The number of benzene rings is 1. The lowest BCUT2D eigenvalue weighted by Crippen LogP contribution is -2.31. The van der Waals surface area contributed by atoms with Crippen LogP contribution in [0, 0.1) is 0 Å². The molecule has 10 heteroatoms. The maximum atomic E-state index is 13.2. The molecular weight excluding hydrogens is 434 g/mol. The highest BCUT2D eigenvalue weighted by Gasteiger charge is 2.29. The van der Waals surface area contributed by atoms with Crippen LogP contribution in [0.4, 0.5) is 0 Å². The summed E-state index contributed by atoms with van der Waals surface area (Å²) in [4.78, 5) is 24.4. The Kier molecular flexibility index (Phi) is 10.3. The minimum Gasteiger partial charge on any atom is -0.490 e. The Morgan fingerprint density at radius 3 is 1.97 bits per heavy atom. The van der Waals surface area contributed by atoms with Crippen molar-refractivity contribution in [3.63, 3.8) is 0 Å². The Hall–Kier alpha value is -2.10. The smallest absolute Gasteiger partial charge is 0.349 e. The number of rotatable bonds is 12. The second kappa shape index (κ2) is 11.9. The molecule has 30 heavy (non-hydrogen) atoms.